The second-order valence-corrected chi connectivity index (χ2v) is 4.92. The van der Waals surface area contributed by atoms with E-state index >= 15 is 0 Å². The Kier molecular flexibility index (Phi) is 4.37. The first-order valence-corrected chi connectivity index (χ1v) is 6.76. The van der Waals surface area contributed by atoms with Gasteiger partial charge in [-0.2, -0.15) is 5.10 Å². The van der Waals surface area contributed by atoms with Crippen LogP contribution in [0.2, 0.25) is 0 Å². The van der Waals surface area contributed by atoms with Crippen molar-refractivity contribution < 1.29 is 14.6 Å². The van der Waals surface area contributed by atoms with E-state index < -0.39 is 5.91 Å². The van der Waals surface area contributed by atoms with E-state index in [1.165, 1.54) is 24.5 Å². The normalized spacial score (nSPS) is 11.2. The highest BCUT2D eigenvalue weighted by Gasteiger charge is 2.14. The molecule has 0 spiro atoms. The number of phenols is 1. The summed E-state index contributed by atoms with van der Waals surface area (Å²) < 4.78 is 4.96. The molecular weight excluding hydrogens is 276 g/mol. The third-order valence-corrected chi connectivity index (χ3v) is 3.65. The van der Waals surface area contributed by atoms with Crippen LogP contribution < -0.4 is 10.2 Å². The molecule has 0 unspecified atom stereocenters. The van der Waals surface area contributed by atoms with Crippen LogP contribution in [0.1, 0.15) is 22.2 Å². The van der Waals surface area contributed by atoms with Crippen LogP contribution in [-0.4, -0.2) is 23.8 Å². The number of phenolic OH excluding ortho intramolecular Hbond substituents is 1. The zero-order valence-electron chi connectivity index (χ0n) is 11.1. The molecule has 0 aliphatic heterocycles. The Morgan fingerprint density at radius 2 is 2.15 bits per heavy atom. The van der Waals surface area contributed by atoms with Gasteiger partial charge < -0.3 is 9.84 Å². The molecule has 5 nitrogen and oxygen atoms in total. The number of hydrogen-bond acceptors (Lipinski definition) is 5. The Morgan fingerprint density at radius 3 is 2.80 bits per heavy atom. The van der Waals surface area contributed by atoms with Crippen molar-refractivity contribution in [1.29, 1.82) is 0 Å². The number of nitrogens with zero attached hydrogens (tertiary/aromatic N) is 1. The summed E-state index contributed by atoms with van der Waals surface area (Å²) in [6.45, 7) is 1.80. The van der Waals surface area contributed by atoms with Crippen LogP contribution in [0.3, 0.4) is 0 Å². The van der Waals surface area contributed by atoms with E-state index in [4.69, 9.17) is 4.74 Å². The quantitative estimate of drug-likeness (QED) is 0.671. The van der Waals surface area contributed by atoms with Crippen molar-refractivity contribution >= 4 is 23.0 Å². The minimum Gasteiger partial charge on any atom is -0.504 e. The summed E-state index contributed by atoms with van der Waals surface area (Å²) in [4.78, 5) is 12.9. The van der Waals surface area contributed by atoms with E-state index in [-0.39, 0.29) is 17.1 Å². The van der Waals surface area contributed by atoms with Crippen LogP contribution in [0.15, 0.2) is 40.8 Å². The van der Waals surface area contributed by atoms with Crippen LogP contribution in [0, 0.1) is 0 Å². The molecule has 0 saturated heterocycles. The van der Waals surface area contributed by atoms with Crippen molar-refractivity contribution in [2.75, 3.05) is 7.11 Å². The second kappa shape index (κ2) is 6.21. The molecule has 104 valence electrons. The Balaban J connectivity index is 2.15. The van der Waals surface area contributed by atoms with E-state index in [9.17, 15) is 9.90 Å². The number of carbonyl (C=O) groups is 1. The molecule has 1 aromatic carbocycles. The molecular formula is C14H14N2O3S. The van der Waals surface area contributed by atoms with Gasteiger partial charge in [-0.15, -0.1) is 11.3 Å². The number of para-hydroxylation sites is 1. The number of nitrogens with one attached hydrogen (secondary N) is 1. The molecule has 0 saturated carbocycles. The number of thiophene rings is 1. The molecule has 0 atom stereocenters. The van der Waals surface area contributed by atoms with E-state index in [1.807, 2.05) is 17.5 Å². The second-order valence-electron chi connectivity index (χ2n) is 3.97. The molecule has 2 rings (SSSR count). The molecule has 0 aliphatic rings. The Labute approximate surface area is 120 Å². The number of aromatic hydroxyl groups is 1. The smallest absolute Gasteiger partial charge is 0.275 e. The standard InChI is InChI=1S/C14H14N2O3S/c1-9(12-7-4-8-20-12)15-16-14(18)10-5-3-6-11(19-2)13(10)17/h3-8,17H,1-2H3,(H,16,18). The highest BCUT2D eigenvalue weighted by atomic mass is 32.1. The number of amides is 1. The number of benzene rings is 1. The number of ether oxygens (including phenoxy) is 1. The first kappa shape index (κ1) is 14.1. The van der Waals surface area contributed by atoms with Gasteiger partial charge in [0.2, 0.25) is 0 Å². The molecule has 0 bridgehead atoms. The van der Waals surface area contributed by atoms with E-state index in [1.54, 1.807) is 19.1 Å². The van der Waals surface area contributed by atoms with Gasteiger partial charge in [0.1, 0.15) is 0 Å². The van der Waals surface area contributed by atoms with Gasteiger partial charge in [-0.25, -0.2) is 5.43 Å². The first-order valence-electron chi connectivity index (χ1n) is 5.88. The lowest BCUT2D eigenvalue weighted by atomic mass is 10.2. The van der Waals surface area contributed by atoms with Crippen molar-refractivity contribution in [2.45, 2.75) is 6.92 Å². The Bertz CT molecular complexity index is 636. The minimum absolute atomic E-state index is 0.118. The summed E-state index contributed by atoms with van der Waals surface area (Å²) in [5, 5.41) is 15.8. The van der Waals surface area contributed by atoms with Gasteiger partial charge in [0, 0.05) is 4.88 Å². The van der Waals surface area contributed by atoms with Crippen LogP contribution in [0.5, 0.6) is 11.5 Å². The van der Waals surface area contributed by atoms with Crippen molar-refractivity contribution in [3.63, 3.8) is 0 Å². The van der Waals surface area contributed by atoms with Gasteiger partial charge in [-0.05, 0) is 30.5 Å². The molecule has 6 heteroatoms. The van der Waals surface area contributed by atoms with Crippen LogP contribution in [-0.2, 0) is 0 Å². The van der Waals surface area contributed by atoms with Gasteiger partial charge in [-0.3, -0.25) is 4.79 Å². The monoisotopic (exact) mass is 290 g/mol. The van der Waals surface area contributed by atoms with E-state index in [2.05, 4.69) is 10.5 Å². The fourth-order valence-electron chi connectivity index (χ4n) is 1.60. The third-order valence-electron chi connectivity index (χ3n) is 2.67. The number of carbonyl (C=O) groups excluding carboxylic acids is 1. The lowest BCUT2D eigenvalue weighted by Crippen LogP contribution is -2.19. The predicted octanol–water partition coefficient (Wildman–Crippen LogP) is 2.62. The molecule has 20 heavy (non-hydrogen) atoms. The summed E-state index contributed by atoms with van der Waals surface area (Å²) in [6.07, 6.45) is 0. The van der Waals surface area contributed by atoms with Crippen molar-refractivity contribution in [3.8, 4) is 11.5 Å². The number of hydrazone groups is 1. The number of rotatable bonds is 4. The third kappa shape index (κ3) is 2.97. The molecule has 0 radical (unpaired) electrons. The molecule has 1 amide bonds. The number of hydrogen-bond donors (Lipinski definition) is 2. The van der Waals surface area contributed by atoms with Gasteiger partial charge in [0.05, 0.1) is 18.4 Å². The Morgan fingerprint density at radius 1 is 1.35 bits per heavy atom. The van der Waals surface area contributed by atoms with E-state index in [0.717, 1.165) is 4.88 Å². The maximum absolute atomic E-state index is 12.0. The molecule has 1 heterocycles. The highest BCUT2D eigenvalue weighted by molar-refractivity contribution is 7.12. The van der Waals surface area contributed by atoms with Crippen molar-refractivity contribution in [1.82, 2.24) is 5.43 Å². The van der Waals surface area contributed by atoms with Crippen LogP contribution >= 0.6 is 11.3 Å². The summed E-state index contributed by atoms with van der Waals surface area (Å²) in [7, 11) is 1.43. The largest absolute Gasteiger partial charge is 0.504 e. The van der Waals surface area contributed by atoms with Crippen molar-refractivity contribution in [3.05, 3.63) is 46.2 Å². The fourth-order valence-corrected chi connectivity index (χ4v) is 2.28. The summed E-state index contributed by atoms with van der Waals surface area (Å²) in [5.74, 6) is -0.439. The van der Waals surface area contributed by atoms with Crippen molar-refractivity contribution in [2.24, 2.45) is 5.10 Å². The molecule has 1 aromatic heterocycles. The Hall–Kier alpha value is -2.34. The maximum Gasteiger partial charge on any atom is 0.275 e. The topological polar surface area (TPSA) is 70.9 Å². The predicted molar refractivity (Wildman–Crippen MR) is 78.7 cm³/mol. The van der Waals surface area contributed by atoms with Crippen LogP contribution in [0.4, 0.5) is 0 Å². The first-order chi connectivity index (χ1) is 9.63. The van der Waals surface area contributed by atoms with Crippen LogP contribution in [0.25, 0.3) is 0 Å². The number of methoxy groups -OCH3 is 1. The SMILES string of the molecule is COc1cccc(C(=O)NN=C(C)c2cccs2)c1O. The average molecular weight is 290 g/mol. The van der Waals surface area contributed by atoms with Gasteiger partial charge in [-0.1, -0.05) is 12.1 Å². The summed E-state index contributed by atoms with van der Waals surface area (Å²) in [5.41, 5.74) is 3.24. The van der Waals surface area contributed by atoms with Gasteiger partial charge in [0.25, 0.3) is 5.91 Å². The molecule has 2 aromatic rings. The lowest BCUT2D eigenvalue weighted by molar-refractivity contribution is 0.0951. The lowest BCUT2D eigenvalue weighted by Gasteiger charge is -2.07. The molecule has 2 N–H and O–H groups in total. The molecule has 0 aliphatic carbocycles. The van der Waals surface area contributed by atoms with Gasteiger partial charge >= 0.3 is 0 Å². The maximum atomic E-state index is 12.0. The summed E-state index contributed by atoms with van der Waals surface area (Å²) in [6, 6.07) is 8.53. The molecule has 0 fully saturated rings. The summed E-state index contributed by atoms with van der Waals surface area (Å²) >= 11 is 1.54. The van der Waals surface area contributed by atoms with Gasteiger partial charge in [0.15, 0.2) is 11.5 Å². The zero-order chi connectivity index (χ0) is 14.5. The zero-order valence-corrected chi connectivity index (χ0v) is 11.9. The highest BCUT2D eigenvalue weighted by Crippen LogP contribution is 2.29. The minimum atomic E-state index is -0.489. The fraction of sp³-hybridized carbons (Fsp3) is 0.143. The van der Waals surface area contributed by atoms with E-state index in [0.29, 0.717) is 5.71 Å². The average Bonchev–Trinajstić information content (AvgIpc) is 2.99.